The molecule has 29 heavy (non-hydrogen) atoms. The van der Waals surface area contributed by atoms with Gasteiger partial charge in [0.15, 0.2) is 0 Å². The minimum absolute atomic E-state index is 0.0767. The van der Waals surface area contributed by atoms with Crippen LogP contribution in [0.4, 0.5) is 0 Å². The van der Waals surface area contributed by atoms with Crippen LogP contribution in [0.2, 0.25) is 0 Å². The third-order valence-corrected chi connectivity index (χ3v) is 4.55. The Labute approximate surface area is 167 Å². The van der Waals surface area contributed by atoms with Gasteiger partial charge in [0.1, 0.15) is 18.1 Å². The Hall–Kier alpha value is -3.81. The number of hydrogen-bond acceptors (Lipinski definition) is 6. The van der Waals surface area contributed by atoms with Crippen LogP contribution in [-0.4, -0.2) is 30.6 Å². The van der Waals surface area contributed by atoms with E-state index in [4.69, 9.17) is 4.52 Å². The molecule has 0 radical (unpaired) electrons. The van der Waals surface area contributed by atoms with Crippen LogP contribution in [0, 0.1) is 6.92 Å². The van der Waals surface area contributed by atoms with Gasteiger partial charge in [-0.05, 0) is 31.5 Å². The molecule has 8 nitrogen and oxygen atoms in total. The summed E-state index contributed by atoms with van der Waals surface area (Å²) in [6.07, 6.45) is 5.07. The lowest BCUT2D eigenvalue weighted by molar-refractivity contribution is -0.122. The highest BCUT2D eigenvalue weighted by molar-refractivity contribution is 5.76. The number of amides is 1. The Morgan fingerprint density at radius 1 is 1.14 bits per heavy atom. The van der Waals surface area contributed by atoms with Crippen molar-refractivity contribution in [3.63, 3.8) is 0 Å². The van der Waals surface area contributed by atoms with Gasteiger partial charge in [-0.2, -0.15) is 4.98 Å². The summed E-state index contributed by atoms with van der Waals surface area (Å²) < 4.78 is 7.09. The van der Waals surface area contributed by atoms with E-state index in [9.17, 15) is 4.79 Å². The summed E-state index contributed by atoms with van der Waals surface area (Å²) in [5.41, 5.74) is 2.39. The molecular weight excluding hydrogens is 368 g/mol. The molecule has 146 valence electrons. The summed E-state index contributed by atoms with van der Waals surface area (Å²) in [5, 5.41) is 7.00. The fourth-order valence-corrected chi connectivity index (χ4v) is 2.98. The number of aromatic nitrogens is 5. The molecular formula is C21H20N6O2. The molecule has 1 aromatic carbocycles. The zero-order valence-electron chi connectivity index (χ0n) is 16.1. The smallest absolute Gasteiger partial charge is 0.258 e. The summed E-state index contributed by atoms with van der Waals surface area (Å²) in [6, 6.07) is 13.3. The number of rotatable bonds is 6. The quantitative estimate of drug-likeness (QED) is 0.545. The van der Waals surface area contributed by atoms with E-state index in [-0.39, 0.29) is 18.5 Å². The molecule has 4 aromatic rings. The minimum Gasteiger partial charge on any atom is -0.348 e. The lowest BCUT2D eigenvalue weighted by Crippen LogP contribution is -2.30. The molecule has 0 bridgehead atoms. The summed E-state index contributed by atoms with van der Waals surface area (Å²) in [7, 11) is 0. The first-order chi connectivity index (χ1) is 14.1. The number of carbonyl (C=O) groups excluding carboxylic acids is 1. The molecule has 8 heteroatoms. The standard InChI is InChI=1S/C21H20N6O2/c1-14(16-6-4-3-5-7-16)23-19(28)13-27-12-18(24-15(27)2)20-25-21(29-26-20)17-8-10-22-11-9-17/h3-12,14H,13H2,1-2H3,(H,23,28). The first kappa shape index (κ1) is 18.5. The van der Waals surface area contributed by atoms with Crippen molar-refractivity contribution in [2.75, 3.05) is 0 Å². The summed E-state index contributed by atoms with van der Waals surface area (Å²) in [4.78, 5) is 25.3. The second-order valence-electron chi connectivity index (χ2n) is 6.66. The van der Waals surface area contributed by atoms with E-state index >= 15 is 0 Å². The van der Waals surface area contributed by atoms with Gasteiger partial charge in [0.25, 0.3) is 5.89 Å². The number of carbonyl (C=O) groups is 1. The molecule has 4 rings (SSSR count). The van der Waals surface area contributed by atoms with E-state index in [0.29, 0.717) is 23.2 Å². The van der Waals surface area contributed by atoms with E-state index in [2.05, 4.69) is 25.4 Å². The predicted molar refractivity (Wildman–Crippen MR) is 106 cm³/mol. The van der Waals surface area contributed by atoms with Crippen molar-refractivity contribution in [1.82, 2.24) is 30.0 Å². The molecule has 3 heterocycles. The van der Waals surface area contributed by atoms with Gasteiger partial charge in [0, 0.05) is 24.2 Å². The van der Waals surface area contributed by atoms with Crippen molar-refractivity contribution in [2.45, 2.75) is 26.4 Å². The number of pyridine rings is 1. The number of aryl methyl sites for hydroxylation is 1. The third-order valence-electron chi connectivity index (χ3n) is 4.55. The highest BCUT2D eigenvalue weighted by atomic mass is 16.5. The maximum atomic E-state index is 12.5. The molecule has 0 fully saturated rings. The number of nitrogens with zero attached hydrogens (tertiary/aromatic N) is 5. The van der Waals surface area contributed by atoms with Crippen LogP contribution in [0.25, 0.3) is 23.0 Å². The largest absolute Gasteiger partial charge is 0.348 e. The van der Waals surface area contributed by atoms with Gasteiger partial charge in [-0.1, -0.05) is 35.5 Å². The maximum absolute atomic E-state index is 12.5. The van der Waals surface area contributed by atoms with Crippen molar-refractivity contribution < 1.29 is 9.32 Å². The summed E-state index contributed by atoms with van der Waals surface area (Å²) in [5.74, 6) is 1.36. The first-order valence-electron chi connectivity index (χ1n) is 9.22. The number of hydrogen-bond donors (Lipinski definition) is 1. The second kappa shape index (κ2) is 8.05. The van der Waals surface area contributed by atoms with Crippen molar-refractivity contribution >= 4 is 5.91 Å². The van der Waals surface area contributed by atoms with E-state index < -0.39 is 0 Å². The van der Waals surface area contributed by atoms with Crippen molar-refractivity contribution in [1.29, 1.82) is 0 Å². The fraction of sp³-hybridized carbons (Fsp3) is 0.190. The predicted octanol–water partition coefficient (Wildman–Crippen LogP) is 3.18. The average molecular weight is 388 g/mol. The highest BCUT2D eigenvalue weighted by Crippen LogP contribution is 2.21. The monoisotopic (exact) mass is 388 g/mol. The third kappa shape index (κ3) is 4.21. The van der Waals surface area contributed by atoms with E-state index in [1.165, 1.54) is 0 Å². The van der Waals surface area contributed by atoms with Crippen LogP contribution in [0.3, 0.4) is 0 Å². The van der Waals surface area contributed by atoms with Gasteiger partial charge in [0.05, 0.1) is 6.04 Å². The highest BCUT2D eigenvalue weighted by Gasteiger charge is 2.16. The fourth-order valence-electron chi connectivity index (χ4n) is 2.98. The molecule has 0 spiro atoms. The van der Waals surface area contributed by atoms with Gasteiger partial charge in [-0.15, -0.1) is 0 Å². The Balaban J connectivity index is 1.46. The molecule has 1 atom stereocenters. The van der Waals surface area contributed by atoms with Crippen LogP contribution < -0.4 is 5.32 Å². The lowest BCUT2D eigenvalue weighted by Gasteiger charge is -2.14. The lowest BCUT2D eigenvalue weighted by atomic mass is 10.1. The Bertz CT molecular complexity index is 1100. The molecule has 3 aromatic heterocycles. The second-order valence-corrected chi connectivity index (χ2v) is 6.66. The molecule has 0 saturated carbocycles. The minimum atomic E-state index is -0.0982. The van der Waals surface area contributed by atoms with Gasteiger partial charge < -0.3 is 14.4 Å². The first-order valence-corrected chi connectivity index (χ1v) is 9.22. The zero-order valence-corrected chi connectivity index (χ0v) is 16.1. The normalized spacial score (nSPS) is 11.9. The van der Waals surface area contributed by atoms with Gasteiger partial charge in [-0.25, -0.2) is 4.98 Å². The SMILES string of the molecule is Cc1nc(-c2noc(-c3ccncc3)n2)cn1CC(=O)NC(C)c1ccccc1. The molecule has 0 aliphatic heterocycles. The van der Waals surface area contributed by atoms with Crippen LogP contribution in [0.5, 0.6) is 0 Å². The maximum Gasteiger partial charge on any atom is 0.258 e. The van der Waals surface area contributed by atoms with Crippen molar-refractivity contribution in [3.8, 4) is 23.0 Å². The van der Waals surface area contributed by atoms with Crippen molar-refractivity contribution in [2.24, 2.45) is 0 Å². The van der Waals surface area contributed by atoms with Gasteiger partial charge >= 0.3 is 0 Å². The van der Waals surface area contributed by atoms with Gasteiger partial charge in [0.2, 0.25) is 11.7 Å². The van der Waals surface area contributed by atoms with Crippen LogP contribution >= 0.6 is 0 Å². The Morgan fingerprint density at radius 2 is 1.90 bits per heavy atom. The summed E-state index contributed by atoms with van der Waals surface area (Å²) >= 11 is 0. The number of benzene rings is 1. The Kier molecular flexibility index (Phi) is 5.15. The molecule has 1 unspecified atom stereocenters. The van der Waals surface area contributed by atoms with Gasteiger partial charge in [-0.3, -0.25) is 9.78 Å². The van der Waals surface area contributed by atoms with E-state index in [1.54, 1.807) is 35.3 Å². The van der Waals surface area contributed by atoms with E-state index in [1.807, 2.05) is 44.2 Å². The summed E-state index contributed by atoms with van der Waals surface area (Å²) in [6.45, 7) is 3.95. The van der Waals surface area contributed by atoms with Crippen LogP contribution in [-0.2, 0) is 11.3 Å². The number of nitrogens with one attached hydrogen (secondary N) is 1. The topological polar surface area (TPSA) is 98.7 Å². The molecule has 0 aliphatic rings. The molecule has 1 amide bonds. The van der Waals surface area contributed by atoms with E-state index in [0.717, 1.165) is 11.1 Å². The average Bonchev–Trinajstić information content (AvgIpc) is 3.37. The van der Waals surface area contributed by atoms with Crippen molar-refractivity contribution in [3.05, 3.63) is 72.4 Å². The molecule has 0 saturated heterocycles. The molecule has 1 N–H and O–H groups in total. The number of imidazole rings is 1. The van der Waals surface area contributed by atoms with Crippen LogP contribution in [0.1, 0.15) is 24.4 Å². The Morgan fingerprint density at radius 3 is 2.66 bits per heavy atom. The van der Waals surface area contributed by atoms with Crippen LogP contribution in [0.15, 0.2) is 65.6 Å². The molecule has 0 aliphatic carbocycles. The zero-order chi connectivity index (χ0) is 20.2.